The van der Waals surface area contributed by atoms with Gasteiger partial charge in [-0.2, -0.15) is 0 Å². The highest BCUT2D eigenvalue weighted by molar-refractivity contribution is 6.02. The van der Waals surface area contributed by atoms with Crippen molar-refractivity contribution in [3.63, 3.8) is 0 Å². The smallest absolute Gasteiger partial charge is 0.276 e. The molecule has 0 radical (unpaired) electrons. The maximum atomic E-state index is 12.4. The summed E-state index contributed by atoms with van der Waals surface area (Å²) in [6.07, 6.45) is 6.78. The topological polar surface area (TPSA) is 90.5 Å². The zero-order chi connectivity index (χ0) is 18.3. The number of hydrogen-bond acceptors (Lipinski definition) is 5. The molecule has 0 aliphatic heterocycles. The van der Waals surface area contributed by atoms with Gasteiger partial charge in [-0.3, -0.25) is 10.1 Å². The second-order valence-electron chi connectivity index (χ2n) is 6.06. The van der Waals surface area contributed by atoms with Crippen molar-refractivity contribution in [2.45, 2.75) is 6.92 Å². The molecule has 1 N–H and O–H groups in total. The van der Waals surface area contributed by atoms with Gasteiger partial charge in [0.05, 0.1) is 29.9 Å². The van der Waals surface area contributed by atoms with Gasteiger partial charge in [0.15, 0.2) is 0 Å². The molecule has 1 aromatic carbocycles. The predicted octanol–water partition coefficient (Wildman–Crippen LogP) is 2.32. The molecule has 0 atom stereocenters. The highest BCUT2D eigenvalue weighted by Gasteiger charge is 2.14. The number of nitrogens with zero attached hydrogens (tertiary/aromatic N) is 6. The molecule has 1 amide bonds. The Bertz CT molecular complexity index is 1130. The van der Waals surface area contributed by atoms with Crippen molar-refractivity contribution in [3.05, 3.63) is 54.6 Å². The minimum absolute atomic E-state index is 0.253. The van der Waals surface area contributed by atoms with E-state index in [1.807, 2.05) is 36.7 Å². The van der Waals surface area contributed by atoms with Gasteiger partial charge in [-0.1, -0.05) is 12.1 Å². The number of carbonyl (C=O) groups is 1. The second kappa shape index (κ2) is 6.07. The summed E-state index contributed by atoms with van der Waals surface area (Å²) in [6.45, 7) is 1.84. The lowest BCUT2D eigenvalue weighted by Crippen LogP contribution is -2.17. The Morgan fingerprint density at radius 3 is 2.65 bits per heavy atom. The number of nitrogens with one attached hydrogen (secondary N) is 1. The van der Waals surface area contributed by atoms with Crippen molar-refractivity contribution >= 4 is 22.8 Å². The summed E-state index contributed by atoms with van der Waals surface area (Å²) in [7, 11) is 3.73. The van der Waals surface area contributed by atoms with Crippen LogP contribution in [0.15, 0.2) is 43.1 Å². The van der Waals surface area contributed by atoms with Crippen molar-refractivity contribution in [2.24, 2.45) is 14.1 Å². The standard InChI is InChI=1S/C18H17N7O/c1-11-20-9-16(25(11)3)17(26)23-18-21-7-13-5-4-12(6-14(13)22-18)15-8-19-10-24(15)2/h4-10H,1-3H3,(H,21,22,23,26). The van der Waals surface area contributed by atoms with Crippen molar-refractivity contribution in [1.29, 1.82) is 0 Å². The molecule has 0 saturated heterocycles. The third-order valence-corrected chi connectivity index (χ3v) is 4.37. The van der Waals surface area contributed by atoms with Crippen LogP contribution in [-0.4, -0.2) is 35.0 Å². The van der Waals surface area contributed by atoms with E-state index in [1.165, 1.54) is 6.20 Å². The number of rotatable bonds is 3. The Labute approximate surface area is 149 Å². The summed E-state index contributed by atoms with van der Waals surface area (Å²) in [5.74, 6) is 0.717. The Morgan fingerprint density at radius 2 is 1.96 bits per heavy atom. The van der Waals surface area contributed by atoms with Crippen LogP contribution in [0.4, 0.5) is 5.95 Å². The lowest BCUT2D eigenvalue weighted by molar-refractivity contribution is 0.101. The molecular formula is C18H17N7O. The normalized spacial score (nSPS) is 11.0. The van der Waals surface area contributed by atoms with Gasteiger partial charge in [0.1, 0.15) is 11.5 Å². The van der Waals surface area contributed by atoms with Crippen LogP contribution in [0.1, 0.15) is 16.3 Å². The van der Waals surface area contributed by atoms with Gasteiger partial charge in [0.25, 0.3) is 5.91 Å². The van der Waals surface area contributed by atoms with Crippen LogP contribution in [0.3, 0.4) is 0 Å². The van der Waals surface area contributed by atoms with E-state index in [-0.39, 0.29) is 11.9 Å². The molecule has 0 fully saturated rings. The van der Waals surface area contributed by atoms with Crippen LogP contribution in [-0.2, 0) is 14.1 Å². The van der Waals surface area contributed by atoms with Gasteiger partial charge in [0, 0.05) is 31.2 Å². The van der Waals surface area contributed by atoms with E-state index in [0.29, 0.717) is 5.69 Å². The van der Waals surface area contributed by atoms with Crippen molar-refractivity contribution < 1.29 is 4.79 Å². The fourth-order valence-electron chi connectivity index (χ4n) is 2.76. The fraction of sp³-hybridized carbons (Fsp3) is 0.167. The van der Waals surface area contributed by atoms with Crippen LogP contribution in [0, 0.1) is 6.92 Å². The van der Waals surface area contributed by atoms with Crippen molar-refractivity contribution in [3.8, 4) is 11.3 Å². The molecule has 0 aliphatic rings. The third kappa shape index (κ3) is 2.71. The molecule has 0 unspecified atom stereocenters. The molecule has 130 valence electrons. The Morgan fingerprint density at radius 1 is 1.12 bits per heavy atom. The molecule has 4 aromatic rings. The second-order valence-corrected chi connectivity index (χ2v) is 6.06. The number of benzene rings is 1. The molecular weight excluding hydrogens is 330 g/mol. The maximum absolute atomic E-state index is 12.4. The average Bonchev–Trinajstić information content (AvgIpc) is 3.20. The maximum Gasteiger partial charge on any atom is 0.276 e. The Balaban J connectivity index is 1.67. The molecule has 4 rings (SSSR count). The molecule has 0 saturated carbocycles. The summed E-state index contributed by atoms with van der Waals surface area (Å²) in [6, 6.07) is 5.91. The summed E-state index contributed by atoms with van der Waals surface area (Å²) < 4.78 is 3.66. The summed E-state index contributed by atoms with van der Waals surface area (Å²) >= 11 is 0. The first kappa shape index (κ1) is 15.9. The number of amides is 1. The summed E-state index contributed by atoms with van der Waals surface area (Å²) in [5.41, 5.74) is 3.18. The highest BCUT2D eigenvalue weighted by atomic mass is 16.2. The molecule has 3 heterocycles. The van der Waals surface area contributed by atoms with Crippen LogP contribution in [0.25, 0.3) is 22.2 Å². The monoisotopic (exact) mass is 347 g/mol. The number of aryl methyl sites for hydroxylation is 2. The van der Waals surface area contributed by atoms with E-state index >= 15 is 0 Å². The van der Waals surface area contributed by atoms with Gasteiger partial charge >= 0.3 is 0 Å². The molecule has 8 nitrogen and oxygen atoms in total. The summed E-state index contributed by atoms with van der Waals surface area (Å²) in [4.78, 5) is 29.4. The molecule has 0 bridgehead atoms. The molecule has 26 heavy (non-hydrogen) atoms. The minimum atomic E-state index is -0.296. The van der Waals surface area contributed by atoms with Crippen molar-refractivity contribution in [1.82, 2.24) is 29.1 Å². The van der Waals surface area contributed by atoms with E-state index in [0.717, 1.165) is 28.0 Å². The fourth-order valence-corrected chi connectivity index (χ4v) is 2.76. The predicted molar refractivity (Wildman–Crippen MR) is 97.6 cm³/mol. The first-order valence-electron chi connectivity index (χ1n) is 8.06. The van der Waals surface area contributed by atoms with Crippen LogP contribution in [0.2, 0.25) is 0 Å². The highest BCUT2D eigenvalue weighted by Crippen LogP contribution is 2.23. The average molecular weight is 347 g/mol. The van der Waals surface area contributed by atoms with Gasteiger partial charge in [-0.25, -0.2) is 19.9 Å². The third-order valence-electron chi connectivity index (χ3n) is 4.37. The number of carbonyl (C=O) groups excluding carboxylic acids is 1. The quantitative estimate of drug-likeness (QED) is 0.614. The van der Waals surface area contributed by atoms with Crippen LogP contribution < -0.4 is 5.32 Å². The molecule has 8 heteroatoms. The van der Waals surface area contributed by atoms with Crippen LogP contribution >= 0.6 is 0 Å². The molecule has 0 spiro atoms. The number of fused-ring (bicyclic) bond motifs is 1. The zero-order valence-corrected chi connectivity index (χ0v) is 14.6. The Hall–Kier alpha value is -3.55. The largest absolute Gasteiger partial charge is 0.334 e. The number of imidazole rings is 2. The van der Waals surface area contributed by atoms with E-state index in [2.05, 4.69) is 25.3 Å². The first-order valence-corrected chi connectivity index (χ1v) is 8.06. The van der Waals surface area contributed by atoms with E-state index in [9.17, 15) is 4.79 Å². The Kier molecular flexibility index (Phi) is 3.72. The first-order chi connectivity index (χ1) is 12.5. The van der Waals surface area contributed by atoms with E-state index in [4.69, 9.17) is 0 Å². The number of hydrogen-bond donors (Lipinski definition) is 1. The van der Waals surface area contributed by atoms with Gasteiger partial charge in [-0.05, 0) is 13.0 Å². The van der Waals surface area contributed by atoms with Gasteiger partial charge < -0.3 is 9.13 Å². The minimum Gasteiger partial charge on any atom is -0.334 e. The lowest BCUT2D eigenvalue weighted by Gasteiger charge is -2.07. The van der Waals surface area contributed by atoms with E-state index in [1.54, 1.807) is 30.3 Å². The van der Waals surface area contributed by atoms with Crippen molar-refractivity contribution in [2.75, 3.05) is 5.32 Å². The summed E-state index contributed by atoms with van der Waals surface area (Å²) in [5, 5.41) is 3.62. The van der Waals surface area contributed by atoms with Gasteiger partial charge in [-0.15, -0.1) is 0 Å². The SMILES string of the molecule is Cc1ncc(C(=O)Nc2ncc3ccc(-c4cncn4C)cc3n2)n1C. The molecule has 3 aromatic heterocycles. The van der Waals surface area contributed by atoms with Gasteiger partial charge in [0.2, 0.25) is 5.95 Å². The number of aromatic nitrogens is 6. The molecule has 0 aliphatic carbocycles. The lowest BCUT2D eigenvalue weighted by atomic mass is 10.1. The van der Waals surface area contributed by atoms with Crippen LogP contribution in [0.5, 0.6) is 0 Å². The zero-order valence-electron chi connectivity index (χ0n) is 14.6. The number of anilines is 1. The van der Waals surface area contributed by atoms with E-state index < -0.39 is 0 Å².